The zero-order valence-corrected chi connectivity index (χ0v) is 9.34. The Labute approximate surface area is 93.7 Å². The standard InChI is InChI=1S/C12H14FN3/c1-3-14-12-8(2)11(15-16-12)9-6-4-5-7-10(9)13/h4-7H,3H2,1-2H3,(H2,14,15,16). The molecule has 0 bridgehead atoms. The fourth-order valence-corrected chi connectivity index (χ4v) is 1.66. The minimum Gasteiger partial charge on any atom is -0.369 e. The smallest absolute Gasteiger partial charge is 0.151 e. The van der Waals surface area contributed by atoms with Crippen molar-refractivity contribution < 1.29 is 4.39 Å². The van der Waals surface area contributed by atoms with Crippen molar-refractivity contribution in [3.63, 3.8) is 0 Å². The van der Waals surface area contributed by atoms with E-state index in [1.807, 2.05) is 19.9 Å². The molecule has 0 spiro atoms. The van der Waals surface area contributed by atoms with Crippen LogP contribution in [0.15, 0.2) is 24.3 Å². The summed E-state index contributed by atoms with van der Waals surface area (Å²) in [6.45, 7) is 4.71. The van der Waals surface area contributed by atoms with Crippen molar-refractivity contribution >= 4 is 5.82 Å². The van der Waals surface area contributed by atoms with Gasteiger partial charge in [0.05, 0.1) is 5.69 Å². The average molecular weight is 219 g/mol. The van der Waals surface area contributed by atoms with Crippen LogP contribution in [0.4, 0.5) is 10.2 Å². The van der Waals surface area contributed by atoms with E-state index in [0.717, 1.165) is 23.6 Å². The molecule has 3 nitrogen and oxygen atoms in total. The fraction of sp³-hybridized carbons (Fsp3) is 0.250. The number of aromatic amines is 1. The van der Waals surface area contributed by atoms with Crippen molar-refractivity contribution in [2.75, 3.05) is 11.9 Å². The van der Waals surface area contributed by atoms with Gasteiger partial charge in [-0.05, 0) is 26.0 Å². The van der Waals surface area contributed by atoms with Gasteiger partial charge in [-0.3, -0.25) is 5.10 Å². The number of benzene rings is 1. The van der Waals surface area contributed by atoms with E-state index in [4.69, 9.17) is 0 Å². The molecule has 0 radical (unpaired) electrons. The van der Waals surface area contributed by atoms with Crippen LogP contribution in [0.25, 0.3) is 11.3 Å². The molecule has 1 heterocycles. The molecule has 84 valence electrons. The summed E-state index contributed by atoms with van der Waals surface area (Å²) < 4.78 is 13.6. The zero-order chi connectivity index (χ0) is 11.5. The van der Waals surface area contributed by atoms with Crippen molar-refractivity contribution in [2.45, 2.75) is 13.8 Å². The minimum atomic E-state index is -0.239. The van der Waals surface area contributed by atoms with Gasteiger partial charge in [0.1, 0.15) is 5.82 Å². The normalized spacial score (nSPS) is 10.4. The number of halogens is 1. The second-order valence-corrected chi connectivity index (χ2v) is 3.58. The van der Waals surface area contributed by atoms with E-state index in [1.165, 1.54) is 6.07 Å². The Morgan fingerprint density at radius 1 is 1.38 bits per heavy atom. The molecule has 0 saturated heterocycles. The molecule has 1 aromatic carbocycles. The summed E-state index contributed by atoms with van der Waals surface area (Å²) in [7, 11) is 0. The predicted molar refractivity (Wildman–Crippen MR) is 62.9 cm³/mol. The highest BCUT2D eigenvalue weighted by molar-refractivity contribution is 5.68. The topological polar surface area (TPSA) is 40.7 Å². The molecule has 0 atom stereocenters. The minimum absolute atomic E-state index is 0.239. The average Bonchev–Trinajstić information content (AvgIpc) is 2.62. The van der Waals surface area contributed by atoms with Crippen LogP contribution in [-0.4, -0.2) is 16.7 Å². The van der Waals surface area contributed by atoms with Gasteiger partial charge < -0.3 is 5.32 Å². The van der Waals surface area contributed by atoms with Gasteiger partial charge in [-0.2, -0.15) is 5.10 Å². The maximum Gasteiger partial charge on any atom is 0.151 e. The summed E-state index contributed by atoms with van der Waals surface area (Å²) in [5.41, 5.74) is 2.22. The lowest BCUT2D eigenvalue weighted by Gasteiger charge is -2.02. The Balaban J connectivity index is 2.45. The van der Waals surface area contributed by atoms with Gasteiger partial charge in [-0.1, -0.05) is 12.1 Å². The molecule has 2 N–H and O–H groups in total. The predicted octanol–water partition coefficient (Wildman–Crippen LogP) is 2.96. The number of hydrogen-bond acceptors (Lipinski definition) is 2. The van der Waals surface area contributed by atoms with Crippen LogP contribution in [0, 0.1) is 12.7 Å². The third-order valence-corrected chi connectivity index (χ3v) is 2.50. The lowest BCUT2D eigenvalue weighted by molar-refractivity contribution is 0.630. The summed E-state index contributed by atoms with van der Waals surface area (Å²) >= 11 is 0. The van der Waals surface area contributed by atoms with Crippen LogP contribution in [-0.2, 0) is 0 Å². The summed E-state index contributed by atoms with van der Waals surface area (Å²) in [4.78, 5) is 0. The number of nitrogens with zero attached hydrogens (tertiary/aromatic N) is 1. The number of rotatable bonds is 3. The van der Waals surface area contributed by atoms with Crippen LogP contribution in [0.1, 0.15) is 12.5 Å². The molecule has 0 aliphatic heterocycles. The van der Waals surface area contributed by atoms with Crippen molar-refractivity contribution in [3.05, 3.63) is 35.6 Å². The van der Waals surface area contributed by atoms with E-state index in [2.05, 4.69) is 15.5 Å². The second-order valence-electron chi connectivity index (χ2n) is 3.58. The van der Waals surface area contributed by atoms with E-state index in [1.54, 1.807) is 12.1 Å². The summed E-state index contributed by atoms with van der Waals surface area (Å²) in [6.07, 6.45) is 0. The van der Waals surface area contributed by atoms with Crippen LogP contribution < -0.4 is 5.32 Å². The molecule has 0 aliphatic rings. The lowest BCUT2D eigenvalue weighted by Crippen LogP contribution is -1.98. The van der Waals surface area contributed by atoms with Gasteiger partial charge in [0, 0.05) is 17.7 Å². The first kappa shape index (κ1) is 10.7. The van der Waals surface area contributed by atoms with Crippen molar-refractivity contribution in [1.82, 2.24) is 10.2 Å². The molecule has 0 saturated carbocycles. The Bertz CT molecular complexity index is 491. The van der Waals surface area contributed by atoms with E-state index in [-0.39, 0.29) is 5.82 Å². The lowest BCUT2D eigenvalue weighted by atomic mass is 10.1. The Morgan fingerprint density at radius 2 is 2.12 bits per heavy atom. The highest BCUT2D eigenvalue weighted by Crippen LogP contribution is 2.27. The molecule has 4 heteroatoms. The van der Waals surface area contributed by atoms with Crippen molar-refractivity contribution in [3.8, 4) is 11.3 Å². The number of H-pyrrole nitrogens is 1. The first-order valence-electron chi connectivity index (χ1n) is 5.27. The first-order chi connectivity index (χ1) is 7.74. The van der Waals surface area contributed by atoms with Crippen molar-refractivity contribution in [2.24, 2.45) is 0 Å². The fourth-order valence-electron chi connectivity index (χ4n) is 1.66. The van der Waals surface area contributed by atoms with Crippen LogP contribution in [0.3, 0.4) is 0 Å². The second kappa shape index (κ2) is 4.35. The molecular weight excluding hydrogens is 205 g/mol. The third-order valence-electron chi connectivity index (χ3n) is 2.50. The Morgan fingerprint density at radius 3 is 2.81 bits per heavy atom. The van der Waals surface area contributed by atoms with Gasteiger partial charge in [-0.25, -0.2) is 4.39 Å². The quantitative estimate of drug-likeness (QED) is 0.833. The van der Waals surface area contributed by atoms with Gasteiger partial charge in [0.2, 0.25) is 0 Å². The highest BCUT2D eigenvalue weighted by Gasteiger charge is 2.12. The van der Waals surface area contributed by atoms with Gasteiger partial charge in [0.15, 0.2) is 5.82 Å². The van der Waals surface area contributed by atoms with E-state index >= 15 is 0 Å². The van der Waals surface area contributed by atoms with E-state index in [9.17, 15) is 4.39 Å². The molecule has 1 aromatic heterocycles. The van der Waals surface area contributed by atoms with Gasteiger partial charge in [0.25, 0.3) is 0 Å². The Hall–Kier alpha value is -1.84. The number of anilines is 1. The highest BCUT2D eigenvalue weighted by atomic mass is 19.1. The van der Waals surface area contributed by atoms with Gasteiger partial charge >= 0.3 is 0 Å². The third kappa shape index (κ3) is 1.78. The maximum atomic E-state index is 13.6. The molecule has 2 rings (SSSR count). The molecule has 0 aliphatic carbocycles. The van der Waals surface area contributed by atoms with E-state index in [0.29, 0.717) is 5.56 Å². The monoisotopic (exact) mass is 219 g/mol. The largest absolute Gasteiger partial charge is 0.369 e. The summed E-state index contributed by atoms with van der Waals surface area (Å²) in [6, 6.07) is 6.68. The molecule has 0 fully saturated rings. The first-order valence-corrected chi connectivity index (χ1v) is 5.27. The Kier molecular flexibility index (Phi) is 2.90. The number of nitrogens with one attached hydrogen (secondary N) is 2. The maximum absolute atomic E-state index is 13.6. The molecular formula is C12H14FN3. The summed E-state index contributed by atoms with van der Waals surface area (Å²) in [5, 5.41) is 10.1. The van der Waals surface area contributed by atoms with Gasteiger partial charge in [-0.15, -0.1) is 0 Å². The van der Waals surface area contributed by atoms with Crippen molar-refractivity contribution in [1.29, 1.82) is 0 Å². The SMILES string of the molecule is CCNc1n[nH]c(-c2ccccc2F)c1C. The molecule has 16 heavy (non-hydrogen) atoms. The molecule has 2 aromatic rings. The zero-order valence-electron chi connectivity index (χ0n) is 9.34. The molecule has 0 unspecified atom stereocenters. The van der Waals surface area contributed by atoms with Crippen LogP contribution in [0.2, 0.25) is 0 Å². The van der Waals surface area contributed by atoms with Crippen LogP contribution in [0.5, 0.6) is 0 Å². The summed E-state index contributed by atoms with van der Waals surface area (Å²) in [5.74, 6) is 0.540. The van der Waals surface area contributed by atoms with E-state index < -0.39 is 0 Å². The van der Waals surface area contributed by atoms with Crippen LogP contribution >= 0.6 is 0 Å². The molecule has 0 amide bonds. The number of hydrogen-bond donors (Lipinski definition) is 2. The number of aromatic nitrogens is 2.